The largest absolute Gasteiger partial charge is 0.473 e. The number of guanidine groups is 1. The number of nitrogens with zero attached hydrogens (tertiary/aromatic N) is 2. The lowest BCUT2D eigenvalue weighted by Crippen LogP contribution is -2.43. The van der Waals surface area contributed by atoms with Crippen molar-refractivity contribution in [3.05, 3.63) is 59.8 Å². The van der Waals surface area contributed by atoms with Crippen LogP contribution in [-0.4, -0.2) is 24.0 Å². The van der Waals surface area contributed by atoms with Crippen molar-refractivity contribution in [3.8, 4) is 5.88 Å². The first kappa shape index (κ1) is 18.2. The van der Waals surface area contributed by atoms with Crippen molar-refractivity contribution in [2.24, 2.45) is 4.99 Å². The van der Waals surface area contributed by atoms with Crippen LogP contribution in [0.25, 0.3) is 0 Å². The Bertz CT molecular complexity index is 696. The molecule has 1 aromatic carbocycles. The van der Waals surface area contributed by atoms with Crippen LogP contribution >= 0.6 is 0 Å². The summed E-state index contributed by atoms with van der Waals surface area (Å²) in [6.07, 6.45) is 8.16. The summed E-state index contributed by atoms with van der Waals surface area (Å²) in [4.78, 5) is 8.74. The Labute approximate surface area is 155 Å². The maximum Gasteiger partial charge on any atom is 0.218 e. The summed E-state index contributed by atoms with van der Waals surface area (Å²) in [5.74, 6) is 1.51. The molecule has 5 nitrogen and oxygen atoms in total. The fraction of sp³-hybridized carbons (Fsp3) is 0.429. The van der Waals surface area contributed by atoms with E-state index in [1.807, 2.05) is 37.4 Å². The van der Waals surface area contributed by atoms with Gasteiger partial charge in [0.1, 0.15) is 6.61 Å². The van der Waals surface area contributed by atoms with Gasteiger partial charge in [0, 0.05) is 31.4 Å². The van der Waals surface area contributed by atoms with Crippen LogP contribution in [0.2, 0.25) is 0 Å². The number of hydrogen-bond acceptors (Lipinski definition) is 3. The van der Waals surface area contributed by atoms with E-state index in [1.54, 1.807) is 6.20 Å². The Morgan fingerprint density at radius 3 is 2.69 bits per heavy atom. The predicted molar refractivity (Wildman–Crippen MR) is 105 cm³/mol. The number of benzene rings is 1. The molecule has 0 amide bonds. The van der Waals surface area contributed by atoms with E-state index in [9.17, 15) is 0 Å². The zero-order chi connectivity index (χ0) is 18.0. The third-order valence-electron chi connectivity index (χ3n) is 4.68. The van der Waals surface area contributed by atoms with Crippen LogP contribution in [0.3, 0.4) is 0 Å². The zero-order valence-corrected chi connectivity index (χ0v) is 15.4. The van der Waals surface area contributed by atoms with Gasteiger partial charge in [0.2, 0.25) is 5.88 Å². The Morgan fingerprint density at radius 1 is 1.12 bits per heavy atom. The van der Waals surface area contributed by atoms with E-state index >= 15 is 0 Å². The molecule has 1 aliphatic carbocycles. The maximum absolute atomic E-state index is 5.93. The first-order valence-corrected chi connectivity index (χ1v) is 9.43. The van der Waals surface area contributed by atoms with Gasteiger partial charge in [-0.3, -0.25) is 4.99 Å². The molecule has 1 fully saturated rings. The first-order valence-electron chi connectivity index (χ1n) is 9.43. The van der Waals surface area contributed by atoms with Gasteiger partial charge in [0.05, 0.1) is 0 Å². The molecule has 26 heavy (non-hydrogen) atoms. The van der Waals surface area contributed by atoms with Gasteiger partial charge < -0.3 is 15.4 Å². The molecule has 3 rings (SSSR count). The van der Waals surface area contributed by atoms with Crippen LogP contribution in [0.5, 0.6) is 5.88 Å². The SMILES string of the molecule is CN=C(NCc1cccnc1OCc1ccccc1)NC1CCCCC1. The molecule has 0 radical (unpaired) electrons. The summed E-state index contributed by atoms with van der Waals surface area (Å²) in [6.45, 7) is 1.14. The van der Waals surface area contributed by atoms with E-state index < -0.39 is 0 Å². The monoisotopic (exact) mass is 352 g/mol. The highest BCUT2D eigenvalue weighted by Gasteiger charge is 2.14. The number of ether oxygens (including phenoxy) is 1. The normalized spacial score (nSPS) is 15.5. The molecule has 1 saturated carbocycles. The first-order chi connectivity index (χ1) is 12.8. The molecule has 5 heteroatoms. The molecule has 0 atom stereocenters. The van der Waals surface area contributed by atoms with Crippen LogP contribution in [0, 0.1) is 0 Å². The average Bonchev–Trinajstić information content (AvgIpc) is 2.71. The molecular formula is C21H28N4O. The average molecular weight is 352 g/mol. The molecule has 0 aliphatic heterocycles. The summed E-state index contributed by atoms with van der Waals surface area (Å²) < 4.78 is 5.93. The number of nitrogens with one attached hydrogen (secondary N) is 2. The molecule has 1 aliphatic rings. The summed E-state index contributed by atoms with van der Waals surface area (Å²) in [7, 11) is 1.81. The Hall–Kier alpha value is -2.56. The molecule has 0 saturated heterocycles. The minimum Gasteiger partial charge on any atom is -0.473 e. The Kier molecular flexibility index (Phi) is 6.88. The van der Waals surface area contributed by atoms with Crippen LogP contribution in [0.15, 0.2) is 53.7 Å². The van der Waals surface area contributed by atoms with E-state index in [4.69, 9.17) is 4.74 Å². The van der Waals surface area contributed by atoms with Gasteiger partial charge in [-0.2, -0.15) is 0 Å². The molecular weight excluding hydrogens is 324 g/mol. The molecule has 1 heterocycles. The summed E-state index contributed by atoms with van der Waals surface area (Å²) >= 11 is 0. The number of rotatable bonds is 6. The highest BCUT2D eigenvalue weighted by Crippen LogP contribution is 2.18. The van der Waals surface area contributed by atoms with Crippen molar-refractivity contribution in [1.29, 1.82) is 0 Å². The molecule has 0 spiro atoms. The second-order valence-corrected chi connectivity index (χ2v) is 6.65. The number of aliphatic imine (C=N–C) groups is 1. The third-order valence-corrected chi connectivity index (χ3v) is 4.68. The van der Waals surface area contributed by atoms with Gasteiger partial charge in [0.15, 0.2) is 5.96 Å². The summed E-state index contributed by atoms with van der Waals surface area (Å²) in [5.41, 5.74) is 2.15. The summed E-state index contributed by atoms with van der Waals surface area (Å²) in [6, 6.07) is 14.6. The Morgan fingerprint density at radius 2 is 1.92 bits per heavy atom. The van der Waals surface area contributed by atoms with Gasteiger partial charge in [-0.25, -0.2) is 4.98 Å². The van der Waals surface area contributed by atoms with Crippen LogP contribution in [0.1, 0.15) is 43.2 Å². The molecule has 2 aromatic rings. The second-order valence-electron chi connectivity index (χ2n) is 6.65. The molecule has 0 unspecified atom stereocenters. The lowest BCUT2D eigenvalue weighted by Gasteiger charge is -2.25. The van der Waals surface area contributed by atoms with Gasteiger partial charge in [-0.1, -0.05) is 55.7 Å². The van der Waals surface area contributed by atoms with Crippen molar-refractivity contribution < 1.29 is 4.74 Å². The lowest BCUT2D eigenvalue weighted by atomic mass is 9.96. The summed E-state index contributed by atoms with van der Waals surface area (Å²) in [5, 5.41) is 6.92. The highest BCUT2D eigenvalue weighted by atomic mass is 16.5. The maximum atomic E-state index is 5.93. The highest BCUT2D eigenvalue weighted by molar-refractivity contribution is 5.80. The number of pyridine rings is 1. The van der Waals surface area contributed by atoms with Gasteiger partial charge in [0.25, 0.3) is 0 Å². The zero-order valence-electron chi connectivity index (χ0n) is 15.4. The smallest absolute Gasteiger partial charge is 0.218 e. The van der Waals surface area contributed by atoms with Crippen molar-refractivity contribution in [2.75, 3.05) is 7.05 Å². The number of hydrogen-bond donors (Lipinski definition) is 2. The second kappa shape index (κ2) is 9.80. The molecule has 138 valence electrons. The molecule has 1 aromatic heterocycles. The van der Waals surface area contributed by atoms with Crippen molar-refractivity contribution in [3.63, 3.8) is 0 Å². The van der Waals surface area contributed by atoms with Crippen LogP contribution in [-0.2, 0) is 13.2 Å². The minimum absolute atomic E-state index is 0.514. The van der Waals surface area contributed by atoms with Crippen molar-refractivity contribution >= 4 is 5.96 Å². The van der Waals surface area contributed by atoms with E-state index in [0.29, 0.717) is 25.1 Å². The lowest BCUT2D eigenvalue weighted by molar-refractivity contribution is 0.290. The quantitative estimate of drug-likeness (QED) is 0.615. The minimum atomic E-state index is 0.514. The predicted octanol–water partition coefficient (Wildman–Crippen LogP) is 3.66. The van der Waals surface area contributed by atoms with E-state index in [2.05, 4.69) is 32.7 Å². The fourth-order valence-electron chi connectivity index (χ4n) is 3.23. The number of aromatic nitrogens is 1. The van der Waals surface area contributed by atoms with Crippen LogP contribution < -0.4 is 15.4 Å². The van der Waals surface area contributed by atoms with Gasteiger partial charge >= 0.3 is 0 Å². The fourth-order valence-corrected chi connectivity index (χ4v) is 3.23. The van der Waals surface area contributed by atoms with E-state index in [1.165, 1.54) is 32.1 Å². The topological polar surface area (TPSA) is 58.5 Å². The van der Waals surface area contributed by atoms with Crippen molar-refractivity contribution in [1.82, 2.24) is 15.6 Å². The van der Waals surface area contributed by atoms with E-state index in [0.717, 1.165) is 17.1 Å². The van der Waals surface area contributed by atoms with Crippen LogP contribution in [0.4, 0.5) is 0 Å². The molecule has 2 N–H and O–H groups in total. The van der Waals surface area contributed by atoms with Gasteiger partial charge in [-0.15, -0.1) is 0 Å². The third kappa shape index (κ3) is 5.48. The standard InChI is InChI=1S/C21H28N4O/c1-22-21(25-19-12-6-3-7-13-19)24-15-18-11-8-14-23-20(18)26-16-17-9-4-2-5-10-17/h2,4-5,8-11,14,19H,3,6-7,12-13,15-16H2,1H3,(H2,22,24,25). The molecule has 0 bridgehead atoms. The van der Waals surface area contributed by atoms with Gasteiger partial charge in [-0.05, 0) is 24.5 Å². The van der Waals surface area contributed by atoms with Crippen molar-refractivity contribution in [2.45, 2.75) is 51.3 Å². The van der Waals surface area contributed by atoms with E-state index in [-0.39, 0.29) is 0 Å². The Balaban J connectivity index is 1.55.